The van der Waals surface area contributed by atoms with Crippen LogP contribution in [-0.4, -0.2) is 72.2 Å². The monoisotopic (exact) mass is 446 g/mol. The molecule has 0 amide bonds. The van der Waals surface area contributed by atoms with Gasteiger partial charge < -0.3 is 14.5 Å². The van der Waals surface area contributed by atoms with Crippen molar-refractivity contribution in [3.05, 3.63) is 36.3 Å². The highest BCUT2D eigenvalue weighted by atomic mass is 32.2. The fraction of sp³-hybridized carbons (Fsp3) is 0.571. The van der Waals surface area contributed by atoms with Gasteiger partial charge in [0.2, 0.25) is 5.88 Å². The summed E-state index contributed by atoms with van der Waals surface area (Å²) in [6, 6.07) is 4.23. The molecule has 2 aliphatic heterocycles. The second-order valence-corrected chi connectivity index (χ2v) is 8.67. The van der Waals surface area contributed by atoms with Crippen LogP contribution in [0.15, 0.2) is 30.7 Å². The van der Waals surface area contributed by atoms with Gasteiger partial charge in [0.15, 0.2) is 0 Å². The lowest BCUT2D eigenvalue weighted by atomic mass is 9.98. The van der Waals surface area contributed by atoms with Gasteiger partial charge in [-0.25, -0.2) is 24.1 Å². The van der Waals surface area contributed by atoms with Crippen molar-refractivity contribution in [2.75, 3.05) is 62.8 Å². The van der Waals surface area contributed by atoms with E-state index in [1.54, 1.807) is 12.4 Å². The smallest absolute Gasteiger partial charge is 0.232 e. The minimum absolute atomic E-state index is 0.531. The fourth-order valence-electron chi connectivity index (χ4n) is 3.79. The third-order valence-electron chi connectivity index (χ3n) is 5.68. The van der Waals surface area contributed by atoms with E-state index in [1.807, 2.05) is 6.20 Å². The molecule has 0 unspecified atom stereocenters. The van der Waals surface area contributed by atoms with Crippen molar-refractivity contribution in [1.82, 2.24) is 19.3 Å². The van der Waals surface area contributed by atoms with Gasteiger partial charge in [0.1, 0.15) is 23.9 Å². The summed E-state index contributed by atoms with van der Waals surface area (Å²) in [5, 5.41) is 0. The Morgan fingerprint density at radius 1 is 0.903 bits per heavy atom. The van der Waals surface area contributed by atoms with Gasteiger partial charge in [-0.05, 0) is 37.3 Å². The zero-order valence-electron chi connectivity index (χ0n) is 18.1. The quantitative estimate of drug-likeness (QED) is 0.261. The average molecular weight is 447 g/mol. The molecule has 0 aliphatic carbocycles. The van der Waals surface area contributed by atoms with E-state index in [2.05, 4.69) is 53.0 Å². The van der Waals surface area contributed by atoms with Crippen LogP contribution in [0.3, 0.4) is 0 Å². The van der Waals surface area contributed by atoms with E-state index in [0.717, 1.165) is 63.7 Å². The summed E-state index contributed by atoms with van der Waals surface area (Å²) >= 11 is 1.24. The number of aryl methyl sites for hydroxylation is 1. The number of ether oxygens (including phenoxy) is 1. The highest BCUT2D eigenvalue weighted by molar-refractivity contribution is 7.92. The Balaban J connectivity index is 1.18. The van der Waals surface area contributed by atoms with Gasteiger partial charge in [0.25, 0.3) is 0 Å². The Kier molecular flexibility index (Phi) is 7.79. The lowest BCUT2D eigenvalue weighted by Gasteiger charge is -2.33. The number of pyridine rings is 1. The van der Waals surface area contributed by atoms with Crippen LogP contribution in [0, 0.1) is 12.8 Å². The number of anilines is 2. The van der Waals surface area contributed by atoms with Crippen molar-refractivity contribution in [2.24, 2.45) is 5.92 Å². The first-order valence-electron chi connectivity index (χ1n) is 10.7. The number of rotatable bonds is 8. The summed E-state index contributed by atoms with van der Waals surface area (Å²) in [7, 11) is 1.51. The normalized spacial score (nSPS) is 18.4. The fourth-order valence-corrected chi connectivity index (χ4v) is 4.25. The van der Waals surface area contributed by atoms with Gasteiger partial charge in [0, 0.05) is 45.5 Å². The summed E-state index contributed by atoms with van der Waals surface area (Å²) in [6.45, 7) is 8.22. The van der Waals surface area contributed by atoms with E-state index in [4.69, 9.17) is 9.07 Å². The maximum Gasteiger partial charge on any atom is 0.232 e. The molecule has 2 fully saturated rings. The molecule has 168 valence electrons. The van der Waals surface area contributed by atoms with E-state index in [9.17, 15) is 0 Å². The summed E-state index contributed by atoms with van der Waals surface area (Å²) in [6.07, 6.45) is 7.65. The lowest BCUT2D eigenvalue weighted by molar-refractivity contribution is -0.163. The molecule has 0 spiro atoms. The molecule has 4 heterocycles. The van der Waals surface area contributed by atoms with Gasteiger partial charge in [-0.15, -0.1) is 4.33 Å². The molecule has 2 aromatic heterocycles. The van der Waals surface area contributed by atoms with E-state index in [-0.39, 0.29) is 0 Å². The maximum atomic E-state index is 5.94. The molecule has 0 aromatic carbocycles. The van der Waals surface area contributed by atoms with Crippen molar-refractivity contribution < 1.29 is 14.0 Å². The molecule has 2 aliphatic rings. The van der Waals surface area contributed by atoms with Crippen LogP contribution in [0.1, 0.15) is 18.4 Å². The Labute approximate surface area is 188 Å². The van der Waals surface area contributed by atoms with E-state index >= 15 is 0 Å². The van der Waals surface area contributed by atoms with Crippen molar-refractivity contribution in [3.63, 3.8) is 0 Å². The van der Waals surface area contributed by atoms with Gasteiger partial charge in [-0.3, -0.25) is 0 Å². The summed E-state index contributed by atoms with van der Waals surface area (Å²) in [4.78, 5) is 22.8. The number of hydrogen-bond acceptors (Lipinski definition) is 10. The number of nitrogens with zero attached hydrogens (tertiary/aromatic N) is 6. The molecular formula is C21H30N6O3S. The van der Waals surface area contributed by atoms with Crippen LogP contribution < -0.4 is 14.5 Å². The minimum atomic E-state index is 0.531. The SMILES string of the molecule is COOSN1CCN(c2cnc(OCC3CCN(c4ccc(C)cn4)CC3)cn2)CC1. The van der Waals surface area contributed by atoms with Crippen LogP contribution in [0.5, 0.6) is 5.88 Å². The van der Waals surface area contributed by atoms with Crippen molar-refractivity contribution in [1.29, 1.82) is 0 Å². The largest absolute Gasteiger partial charge is 0.476 e. The number of hydrogen-bond donors (Lipinski definition) is 0. The van der Waals surface area contributed by atoms with Crippen molar-refractivity contribution in [3.8, 4) is 5.88 Å². The average Bonchev–Trinajstić information content (AvgIpc) is 2.83. The summed E-state index contributed by atoms with van der Waals surface area (Å²) in [5.41, 5.74) is 1.19. The first-order valence-corrected chi connectivity index (χ1v) is 11.4. The molecular weight excluding hydrogens is 416 g/mol. The van der Waals surface area contributed by atoms with E-state index in [1.165, 1.54) is 24.9 Å². The van der Waals surface area contributed by atoms with Gasteiger partial charge >= 0.3 is 0 Å². The first-order chi connectivity index (χ1) is 15.2. The Morgan fingerprint density at radius 3 is 2.29 bits per heavy atom. The van der Waals surface area contributed by atoms with Crippen molar-refractivity contribution >= 4 is 23.9 Å². The predicted octanol–water partition coefficient (Wildman–Crippen LogP) is 2.74. The molecule has 0 saturated carbocycles. The third kappa shape index (κ3) is 6.19. The minimum Gasteiger partial charge on any atom is -0.476 e. The van der Waals surface area contributed by atoms with Crippen molar-refractivity contribution in [2.45, 2.75) is 19.8 Å². The topological polar surface area (TPSA) is 76.1 Å². The first kappa shape index (κ1) is 22.1. The molecule has 9 nitrogen and oxygen atoms in total. The summed E-state index contributed by atoms with van der Waals surface area (Å²) < 4.78 is 13.0. The van der Waals surface area contributed by atoms with Gasteiger partial charge in [-0.1, -0.05) is 6.07 Å². The molecule has 31 heavy (non-hydrogen) atoms. The summed E-state index contributed by atoms with van der Waals surface area (Å²) in [5.74, 6) is 3.07. The third-order valence-corrected chi connectivity index (χ3v) is 6.46. The highest BCUT2D eigenvalue weighted by Gasteiger charge is 2.22. The second-order valence-electron chi connectivity index (χ2n) is 7.87. The van der Waals surface area contributed by atoms with Gasteiger partial charge in [0.05, 0.1) is 26.1 Å². The molecule has 10 heteroatoms. The highest BCUT2D eigenvalue weighted by Crippen LogP contribution is 2.23. The zero-order valence-corrected chi connectivity index (χ0v) is 19.0. The number of piperazine rings is 1. The van der Waals surface area contributed by atoms with E-state index < -0.39 is 0 Å². The maximum absolute atomic E-state index is 5.94. The molecule has 0 bridgehead atoms. The van der Waals surface area contributed by atoms with Crippen LogP contribution in [0.25, 0.3) is 0 Å². The standard InChI is InChI=1S/C21H30N6O3S/c1-17-3-4-19(22-13-17)25-7-5-18(6-8-25)16-29-21-15-23-20(14-24-21)26-9-11-27(12-10-26)31-30-28-2/h3-4,13-15,18H,5-12,16H2,1-2H3. The van der Waals surface area contributed by atoms with Crippen LogP contribution in [-0.2, 0) is 9.22 Å². The van der Waals surface area contributed by atoms with Crippen LogP contribution >= 0.6 is 12.2 Å². The Morgan fingerprint density at radius 2 is 1.65 bits per heavy atom. The van der Waals surface area contributed by atoms with Crippen LogP contribution in [0.2, 0.25) is 0 Å². The van der Waals surface area contributed by atoms with E-state index in [0.29, 0.717) is 18.4 Å². The molecule has 0 atom stereocenters. The van der Waals surface area contributed by atoms with Crippen LogP contribution in [0.4, 0.5) is 11.6 Å². The Bertz CT molecular complexity index is 794. The lowest BCUT2D eigenvalue weighted by Crippen LogP contribution is -2.43. The molecule has 4 rings (SSSR count). The predicted molar refractivity (Wildman–Crippen MR) is 121 cm³/mol. The second kappa shape index (κ2) is 10.9. The Hall–Kier alpha value is -2.14. The number of aromatic nitrogens is 3. The molecule has 2 saturated heterocycles. The molecule has 0 radical (unpaired) electrons. The molecule has 2 aromatic rings. The molecule has 0 N–H and O–H groups in total. The zero-order chi connectivity index (χ0) is 21.5. The number of piperidine rings is 1. The van der Waals surface area contributed by atoms with Gasteiger partial charge in [-0.2, -0.15) is 0 Å².